The molecule has 0 aromatic rings. The molecule has 15 heavy (non-hydrogen) atoms. The van der Waals surface area contributed by atoms with Crippen LogP contribution in [0.4, 0.5) is 0 Å². The second kappa shape index (κ2) is 4.04. The molecular formula is C12H22N2O. The molecule has 0 radical (unpaired) electrons. The van der Waals surface area contributed by atoms with Crippen molar-refractivity contribution in [3.05, 3.63) is 0 Å². The van der Waals surface area contributed by atoms with Gasteiger partial charge in [0, 0.05) is 31.3 Å². The van der Waals surface area contributed by atoms with Crippen molar-refractivity contribution in [1.82, 2.24) is 5.32 Å². The van der Waals surface area contributed by atoms with Crippen LogP contribution < -0.4 is 11.1 Å². The molecule has 0 aromatic heterocycles. The van der Waals surface area contributed by atoms with Crippen molar-refractivity contribution in [3.8, 4) is 0 Å². The normalized spacial score (nSPS) is 47.0. The zero-order valence-electron chi connectivity index (χ0n) is 9.32. The Labute approximate surface area is 91.7 Å². The number of hydrogen-bond donors (Lipinski definition) is 2. The fraction of sp³-hybridized carbons (Fsp3) is 1.00. The van der Waals surface area contributed by atoms with Gasteiger partial charge in [-0.1, -0.05) is 0 Å². The van der Waals surface area contributed by atoms with Crippen LogP contribution in [0.1, 0.15) is 32.1 Å². The third-order valence-electron chi connectivity index (χ3n) is 4.60. The number of nitrogens with one attached hydrogen (secondary N) is 1. The summed E-state index contributed by atoms with van der Waals surface area (Å²) < 4.78 is 5.44. The van der Waals surface area contributed by atoms with Crippen LogP contribution in [-0.2, 0) is 4.74 Å². The van der Waals surface area contributed by atoms with E-state index in [2.05, 4.69) is 5.32 Å². The van der Waals surface area contributed by atoms with E-state index in [0.29, 0.717) is 18.0 Å². The fourth-order valence-corrected chi connectivity index (χ4v) is 3.90. The van der Waals surface area contributed by atoms with Gasteiger partial charge in [-0.2, -0.15) is 0 Å². The second-order valence-electron chi connectivity index (χ2n) is 5.47. The Morgan fingerprint density at radius 3 is 2.67 bits per heavy atom. The molecule has 0 spiro atoms. The van der Waals surface area contributed by atoms with E-state index < -0.39 is 0 Å². The van der Waals surface area contributed by atoms with E-state index in [1.807, 2.05) is 0 Å². The van der Waals surface area contributed by atoms with E-state index in [-0.39, 0.29) is 0 Å². The van der Waals surface area contributed by atoms with Crippen molar-refractivity contribution in [1.29, 1.82) is 0 Å². The van der Waals surface area contributed by atoms with Gasteiger partial charge in [0.05, 0.1) is 0 Å². The monoisotopic (exact) mass is 210 g/mol. The van der Waals surface area contributed by atoms with E-state index in [9.17, 15) is 0 Å². The van der Waals surface area contributed by atoms with Gasteiger partial charge in [-0.05, 0) is 43.9 Å². The van der Waals surface area contributed by atoms with E-state index in [4.69, 9.17) is 10.5 Å². The van der Waals surface area contributed by atoms with E-state index in [1.54, 1.807) is 0 Å². The van der Waals surface area contributed by atoms with Crippen molar-refractivity contribution in [2.24, 2.45) is 17.6 Å². The summed E-state index contributed by atoms with van der Waals surface area (Å²) >= 11 is 0. The molecule has 3 heterocycles. The molecule has 3 heteroatoms. The number of ether oxygens (including phenoxy) is 1. The van der Waals surface area contributed by atoms with Crippen LogP contribution in [-0.4, -0.2) is 31.3 Å². The lowest BCUT2D eigenvalue weighted by Gasteiger charge is -2.41. The molecule has 3 aliphatic heterocycles. The van der Waals surface area contributed by atoms with E-state index in [1.165, 1.54) is 32.1 Å². The molecule has 0 saturated carbocycles. The van der Waals surface area contributed by atoms with Crippen molar-refractivity contribution < 1.29 is 4.74 Å². The van der Waals surface area contributed by atoms with Crippen LogP contribution in [0.5, 0.6) is 0 Å². The summed E-state index contributed by atoms with van der Waals surface area (Å²) in [7, 11) is 0. The summed E-state index contributed by atoms with van der Waals surface area (Å²) in [6, 6.07) is 1.87. The summed E-state index contributed by atoms with van der Waals surface area (Å²) in [4.78, 5) is 0. The third kappa shape index (κ3) is 1.81. The van der Waals surface area contributed by atoms with Gasteiger partial charge in [-0.15, -0.1) is 0 Å². The van der Waals surface area contributed by atoms with Crippen LogP contribution in [0, 0.1) is 11.8 Å². The number of nitrogens with two attached hydrogens (primary N) is 1. The quantitative estimate of drug-likeness (QED) is 0.675. The Balaban J connectivity index is 1.71. The molecule has 0 aliphatic carbocycles. The maximum atomic E-state index is 6.35. The summed E-state index contributed by atoms with van der Waals surface area (Å²) in [6.45, 7) is 1.90. The Morgan fingerprint density at radius 1 is 1.07 bits per heavy atom. The molecule has 3 nitrogen and oxygen atoms in total. The molecule has 4 atom stereocenters. The highest BCUT2D eigenvalue weighted by Crippen LogP contribution is 2.38. The Morgan fingerprint density at radius 2 is 1.87 bits per heavy atom. The minimum absolute atomic E-state index is 0.437. The summed E-state index contributed by atoms with van der Waals surface area (Å²) in [5, 5.41) is 3.75. The molecule has 3 saturated heterocycles. The van der Waals surface area contributed by atoms with E-state index >= 15 is 0 Å². The predicted octanol–water partition coefficient (Wildman–Crippen LogP) is 0.881. The maximum Gasteiger partial charge on any atom is 0.0468 e. The molecule has 3 N–H and O–H groups in total. The van der Waals surface area contributed by atoms with Gasteiger partial charge in [0.25, 0.3) is 0 Å². The summed E-state index contributed by atoms with van der Waals surface area (Å²) in [5.41, 5.74) is 6.35. The molecule has 2 bridgehead atoms. The number of rotatable bonds is 1. The standard InChI is InChI=1S/C12H22N2O/c13-10-7-9-1-2-11(14-9)12(10)8-3-5-15-6-4-8/h8-12,14H,1-7,13H2. The molecule has 0 aromatic carbocycles. The lowest BCUT2D eigenvalue weighted by atomic mass is 9.74. The highest BCUT2D eigenvalue weighted by molar-refractivity contribution is 5.01. The Bertz CT molecular complexity index is 228. The lowest BCUT2D eigenvalue weighted by molar-refractivity contribution is 0.0279. The smallest absolute Gasteiger partial charge is 0.0468 e. The largest absolute Gasteiger partial charge is 0.381 e. The number of hydrogen-bond acceptors (Lipinski definition) is 3. The molecule has 0 amide bonds. The van der Waals surface area contributed by atoms with Crippen LogP contribution in [0.15, 0.2) is 0 Å². The van der Waals surface area contributed by atoms with Gasteiger partial charge in [-0.25, -0.2) is 0 Å². The van der Waals surface area contributed by atoms with Crippen molar-refractivity contribution in [2.45, 2.75) is 50.2 Å². The lowest BCUT2D eigenvalue weighted by Crippen LogP contribution is -2.54. The molecular weight excluding hydrogens is 188 g/mol. The van der Waals surface area contributed by atoms with Crippen LogP contribution in [0.25, 0.3) is 0 Å². The average molecular weight is 210 g/mol. The predicted molar refractivity (Wildman–Crippen MR) is 59.6 cm³/mol. The molecule has 86 valence electrons. The van der Waals surface area contributed by atoms with Crippen molar-refractivity contribution in [3.63, 3.8) is 0 Å². The Hall–Kier alpha value is -0.120. The van der Waals surface area contributed by atoms with Gasteiger partial charge in [-0.3, -0.25) is 0 Å². The van der Waals surface area contributed by atoms with Crippen molar-refractivity contribution in [2.75, 3.05) is 13.2 Å². The van der Waals surface area contributed by atoms with Crippen LogP contribution >= 0.6 is 0 Å². The third-order valence-corrected chi connectivity index (χ3v) is 4.60. The van der Waals surface area contributed by atoms with Crippen LogP contribution in [0.2, 0.25) is 0 Å². The van der Waals surface area contributed by atoms with Crippen molar-refractivity contribution >= 4 is 0 Å². The molecule has 3 rings (SSSR count). The summed E-state index contributed by atoms with van der Waals surface area (Å²) in [5.74, 6) is 1.53. The first kappa shape index (κ1) is 10.1. The van der Waals surface area contributed by atoms with Crippen LogP contribution in [0.3, 0.4) is 0 Å². The van der Waals surface area contributed by atoms with E-state index in [0.717, 1.165) is 25.2 Å². The zero-order valence-corrected chi connectivity index (χ0v) is 9.32. The fourth-order valence-electron chi connectivity index (χ4n) is 3.90. The van der Waals surface area contributed by atoms with Gasteiger partial charge in [0.15, 0.2) is 0 Å². The average Bonchev–Trinajstić information content (AvgIpc) is 2.62. The topological polar surface area (TPSA) is 47.3 Å². The molecule has 3 fully saturated rings. The highest BCUT2D eigenvalue weighted by atomic mass is 16.5. The van der Waals surface area contributed by atoms with Gasteiger partial charge in [0.1, 0.15) is 0 Å². The maximum absolute atomic E-state index is 6.35. The number of piperidine rings is 1. The first-order chi connectivity index (χ1) is 7.34. The highest BCUT2D eigenvalue weighted by Gasteiger charge is 2.43. The molecule has 3 aliphatic rings. The Kier molecular flexibility index (Phi) is 2.71. The van der Waals surface area contributed by atoms with Gasteiger partial charge < -0.3 is 15.8 Å². The first-order valence-electron chi connectivity index (χ1n) is 6.44. The second-order valence-corrected chi connectivity index (χ2v) is 5.47. The van der Waals surface area contributed by atoms with Gasteiger partial charge in [0.2, 0.25) is 0 Å². The SMILES string of the molecule is NC1CC2CCC(N2)C1C1CCOCC1. The minimum Gasteiger partial charge on any atom is -0.381 e. The number of fused-ring (bicyclic) bond motifs is 2. The first-order valence-corrected chi connectivity index (χ1v) is 6.44. The minimum atomic E-state index is 0.437. The summed E-state index contributed by atoms with van der Waals surface area (Å²) in [6.07, 6.45) is 6.33. The zero-order chi connectivity index (χ0) is 10.3. The molecule has 4 unspecified atom stereocenters. The van der Waals surface area contributed by atoms with Gasteiger partial charge >= 0.3 is 0 Å².